The van der Waals surface area contributed by atoms with E-state index in [1.807, 2.05) is 0 Å². The predicted octanol–water partition coefficient (Wildman–Crippen LogP) is 2.20. The number of halogens is 1. The number of benzene rings is 3. The Balaban J connectivity index is 1.49. The monoisotopic (exact) mass is 640 g/mol. The van der Waals surface area contributed by atoms with Gasteiger partial charge in [-0.05, 0) is 73.0 Å². The molecule has 2 aliphatic heterocycles. The van der Waals surface area contributed by atoms with Gasteiger partial charge in [-0.2, -0.15) is 0 Å². The van der Waals surface area contributed by atoms with Crippen molar-refractivity contribution in [3.8, 4) is 17.2 Å². The Bertz CT molecular complexity index is 1780. The largest absolute Gasteiger partial charge is 0.493 e. The first-order valence-electron chi connectivity index (χ1n) is 14.1. The molecular formula is C31H33FN4O8S. The SMILES string of the molecule is COc1ccc2cc1OCC(=O)NCc1cc(F)cc(c1)O[C@@H]1CCN(C(=O)c3cc(C)c(C)c(S(N)(=O)=O)c3)C[C@@H]1NC2=O. The van der Waals surface area contributed by atoms with E-state index >= 15 is 0 Å². The average molecular weight is 641 g/mol. The molecule has 2 heterocycles. The first-order valence-corrected chi connectivity index (χ1v) is 15.6. The van der Waals surface area contributed by atoms with Crippen LogP contribution in [0.5, 0.6) is 17.2 Å². The molecule has 45 heavy (non-hydrogen) atoms. The summed E-state index contributed by atoms with van der Waals surface area (Å²) in [5.74, 6) is -1.37. The molecule has 2 aliphatic rings. The summed E-state index contributed by atoms with van der Waals surface area (Å²) in [6.45, 7) is 3.14. The van der Waals surface area contributed by atoms with Crippen LogP contribution in [0.15, 0.2) is 53.4 Å². The minimum Gasteiger partial charge on any atom is -0.493 e. The Labute approximate surface area is 259 Å². The van der Waals surface area contributed by atoms with E-state index in [4.69, 9.17) is 19.3 Å². The van der Waals surface area contributed by atoms with Crippen LogP contribution in [0.1, 0.15) is 43.8 Å². The van der Waals surface area contributed by atoms with Crippen molar-refractivity contribution in [3.63, 3.8) is 0 Å². The van der Waals surface area contributed by atoms with E-state index in [2.05, 4.69) is 10.6 Å². The van der Waals surface area contributed by atoms with Gasteiger partial charge in [0.05, 0.1) is 18.0 Å². The molecule has 14 heteroatoms. The average Bonchev–Trinajstić information content (AvgIpc) is 2.99. The number of fused-ring (bicyclic) bond motifs is 5. The minimum absolute atomic E-state index is 0.00458. The molecule has 3 amide bonds. The molecule has 5 rings (SSSR count). The Morgan fingerprint density at radius 2 is 1.89 bits per heavy atom. The maximum Gasteiger partial charge on any atom is 0.258 e. The number of carbonyl (C=O) groups is 3. The number of amides is 3. The summed E-state index contributed by atoms with van der Waals surface area (Å²) in [6, 6.07) is 10.6. The predicted molar refractivity (Wildman–Crippen MR) is 160 cm³/mol. The summed E-state index contributed by atoms with van der Waals surface area (Å²) in [5, 5.41) is 11.0. The van der Waals surface area contributed by atoms with Gasteiger partial charge < -0.3 is 29.7 Å². The number of nitrogens with one attached hydrogen (secondary N) is 2. The maximum absolute atomic E-state index is 14.6. The fourth-order valence-corrected chi connectivity index (χ4v) is 6.25. The third-order valence-electron chi connectivity index (χ3n) is 7.82. The molecule has 0 spiro atoms. The van der Waals surface area contributed by atoms with Crippen LogP contribution in [0.3, 0.4) is 0 Å². The van der Waals surface area contributed by atoms with Crippen LogP contribution >= 0.6 is 0 Å². The summed E-state index contributed by atoms with van der Waals surface area (Å²) in [7, 11) is -2.66. The highest BCUT2D eigenvalue weighted by atomic mass is 32.2. The molecule has 1 saturated heterocycles. The number of aryl methyl sites for hydroxylation is 1. The zero-order valence-corrected chi connectivity index (χ0v) is 25.7. The van der Waals surface area contributed by atoms with Crippen LogP contribution in [0.25, 0.3) is 0 Å². The third kappa shape index (κ3) is 7.18. The van der Waals surface area contributed by atoms with Crippen LogP contribution in [0, 0.1) is 19.7 Å². The number of rotatable bonds is 3. The van der Waals surface area contributed by atoms with Crippen LogP contribution in [0.2, 0.25) is 0 Å². The molecule has 0 radical (unpaired) electrons. The van der Waals surface area contributed by atoms with E-state index in [9.17, 15) is 27.2 Å². The van der Waals surface area contributed by atoms with Gasteiger partial charge in [-0.25, -0.2) is 17.9 Å². The molecule has 4 N–H and O–H groups in total. The Morgan fingerprint density at radius 3 is 2.62 bits per heavy atom. The van der Waals surface area contributed by atoms with E-state index < -0.39 is 45.7 Å². The molecule has 3 aromatic carbocycles. The van der Waals surface area contributed by atoms with E-state index in [0.717, 1.165) is 0 Å². The third-order valence-corrected chi connectivity index (χ3v) is 8.86. The van der Waals surface area contributed by atoms with Gasteiger partial charge in [0.15, 0.2) is 18.1 Å². The number of nitrogens with zero attached hydrogens (tertiary/aromatic N) is 1. The lowest BCUT2D eigenvalue weighted by molar-refractivity contribution is -0.123. The van der Waals surface area contributed by atoms with E-state index in [-0.39, 0.29) is 60.2 Å². The second-order valence-electron chi connectivity index (χ2n) is 11.0. The van der Waals surface area contributed by atoms with Crippen LogP contribution in [0.4, 0.5) is 4.39 Å². The molecular weight excluding hydrogens is 607 g/mol. The minimum atomic E-state index is -4.09. The molecule has 12 nitrogen and oxygen atoms in total. The van der Waals surface area contributed by atoms with Crippen molar-refractivity contribution in [2.45, 2.75) is 43.9 Å². The van der Waals surface area contributed by atoms with Crippen molar-refractivity contribution < 1.29 is 41.4 Å². The lowest BCUT2D eigenvalue weighted by Crippen LogP contribution is -2.58. The molecule has 0 saturated carbocycles. The Kier molecular flexibility index (Phi) is 8.98. The number of methoxy groups -OCH3 is 1. The van der Waals surface area contributed by atoms with E-state index in [0.29, 0.717) is 22.4 Å². The highest BCUT2D eigenvalue weighted by Crippen LogP contribution is 2.29. The van der Waals surface area contributed by atoms with Crippen molar-refractivity contribution in [2.75, 3.05) is 26.8 Å². The van der Waals surface area contributed by atoms with Crippen LogP contribution < -0.4 is 30.0 Å². The normalized spacial score (nSPS) is 18.9. The number of hydrogen-bond acceptors (Lipinski definition) is 8. The fraction of sp³-hybridized carbons (Fsp3) is 0.323. The van der Waals surface area contributed by atoms with Gasteiger partial charge in [-0.3, -0.25) is 14.4 Å². The van der Waals surface area contributed by atoms with Gasteiger partial charge in [-0.15, -0.1) is 0 Å². The fourth-order valence-electron chi connectivity index (χ4n) is 5.37. The molecule has 3 aromatic rings. The second kappa shape index (κ2) is 12.7. The highest BCUT2D eigenvalue weighted by molar-refractivity contribution is 7.89. The van der Waals surface area contributed by atoms with Gasteiger partial charge in [0.1, 0.15) is 17.7 Å². The number of piperidine rings is 1. The number of primary sulfonamides is 1. The first-order chi connectivity index (χ1) is 21.3. The van der Waals surface area contributed by atoms with Crippen molar-refractivity contribution >= 4 is 27.7 Å². The van der Waals surface area contributed by atoms with Gasteiger partial charge in [0.25, 0.3) is 17.7 Å². The molecule has 2 atom stereocenters. The Hall–Kier alpha value is -4.69. The summed E-state index contributed by atoms with van der Waals surface area (Å²) in [4.78, 5) is 41.0. The van der Waals surface area contributed by atoms with Crippen LogP contribution in [-0.4, -0.2) is 70.0 Å². The van der Waals surface area contributed by atoms with Gasteiger partial charge >= 0.3 is 0 Å². The topological polar surface area (TPSA) is 166 Å². The quantitative estimate of drug-likeness (QED) is 0.392. The van der Waals surface area contributed by atoms with E-state index in [1.165, 1.54) is 48.4 Å². The molecule has 0 aromatic heterocycles. The number of nitrogens with two attached hydrogens (primary N) is 1. The van der Waals surface area contributed by atoms with Gasteiger partial charge in [0, 0.05) is 43.2 Å². The highest BCUT2D eigenvalue weighted by Gasteiger charge is 2.35. The van der Waals surface area contributed by atoms with Crippen LogP contribution in [-0.2, 0) is 21.4 Å². The first kappa shape index (κ1) is 31.7. The van der Waals surface area contributed by atoms with Crippen molar-refractivity contribution in [1.82, 2.24) is 15.5 Å². The molecule has 238 valence electrons. The zero-order chi connectivity index (χ0) is 32.5. The lowest BCUT2D eigenvalue weighted by Gasteiger charge is -2.39. The van der Waals surface area contributed by atoms with E-state index in [1.54, 1.807) is 26.0 Å². The molecule has 4 bridgehead atoms. The van der Waals surface area contributed by atoms with Gasteiger partial charge in [-0.1, -0.05) is 0 Å². The second-order valence-corrected chi connectivity index (χ2v) is 12.5. The lowest BCUT2D eigenvalue weighted by atomic mass is 9.99. The number of ether oxygens (including phenoxy) is 3. The number of carbonyl (C=O) groups excluding carboxylic acids is 3. The number of likely N-dealkylation sites (tertiary alicyclic amines) is 1. The summed E-state index contributed by atoms with van der Waals surface area (Å²) >= 11 is 0. The number of sulfonamides is 1. The Morgan fingerprint density at radius 1 is 1.11 bits per heavy atom. The summed E-state index contributed by atoms with van der Waals surface area (Å²) in [6.07, 6.45) is -0.424. The van der Waals surface area contributed by atoms with Gasteiger partial charge in [0.2, 0.25) is 10.0 Å². The molecule has 0 aliphatic carbocycles. The molecule has 1 fully saturated rings. The smallest absolute Gasteiger partial charge is 0.258 e. The zero-order valence-electron chi connectivity index (χ0n) is 24.9. The maximum atomic E-state index is 14.6. The number of hydrogen-bond donors (Lipinski definition) is 3. The van der Waals surface area contributed by atoms with Crippen molar-refractivity contribution in [3.05, 3.63) is 82.2 Å². The summed E-state index contributed by atoms with van der Waals surface area (Å²) < 4.78 is 56.1. The molecule has 0 unspecified atom stereocenters. The summed E-state index contributed by atoms with van der Waals surface area (Å²) in [5.41, 5.74) is 1.80. The van der Waals surface area contributed by atoms with Crippen molar-refractivity contribution in [2.24, 2.45) is 5.14 Å². The van der Waals surface area contributed by atoms with Crippen molar-refractivity contribution in [1.29, 1.82) is 0 Å². The standard InChI is InChI=1S/C31H33FN4O8S/c1-17-8-21(12-28(18(17)2)45(33,40)41)31(39)36-7-6-25-24(15-36)35-30(38)20-4-5-26(42-3)27(11-20)43-16-29(37)34-14-19-9-22(32)13-23(10-19)44-25/h4-5,8-13,24-25H,6-7,14-16H2,1-3H3,(H,34,37)(H,35,38)(H2,33,40,41)/t24-,25+/m0/s1.